The summed E-state index contributed by atoms with van der Waals surface area (Å²) in [6, 6.07) is 14.4. The van der Waals surface area contributed by atoms with Crippen LogP contribution in [0.2, 0.25) is 0 Å². The van der Waals surface area contributed by atoms with Crippen LogP contribution in [0.25, 0.3) is 0 Å². The lowest BCUT2D eigenvalue weighted by Crippen LogP contribution is -2.45. The van der Waals surface area contributed by atoms with Crippen LogP contribution in [0, 0.1) is 12.8 Å². The Morgan fingerprint density at radius 2 is 1.82 bits per heavy atom. The van der Waals surface area contributed by atoms with Crippen LogP contribution in [0.15, 0.2) is 42.5 Å². The van der Waals surface area contributed by atoms with Crippen LogP contribution in [0.3, 0.4) is 0 Å². The maximum absolute atomic E-state index is 13.0. The van der Waals surface area contributed by atoms with Gasteiger partial charge in [0.25, 0.3) is 0 Å². The lowest BCUT2D eigenvalue weighted by atomic mass is 9.96. The lowest BCUT2D eigenvalue weighted by Gasteiger charge is -2.27. The Morgan fingerprint density at radius 3 is 2.53 bits per heavy atom. The molecule has 2 aliphatic rings. The molecule has 1 N–H and O–H groups in total. The van der Waals surface area contributed by atoms with Gasteiger partial charge in [0, 0.05) is 23.2 Å². The number of aryl methyl sites for hydroxylation is 1. The molecule has 1 saturated carbocycles. The molecule has 0 radical (unpaired) electrons. The molecule has 1 aliphatic heterocycles. The van der Waals surface area contributed by atoms with Crippen molar-refractivity contribution in [2.75, 3.05) is 18.1 Å². The van der Waals surface area contributed by atoms with Crippen molar-refractivity contribution in [2.24, 2.45) is 5.92 Å². The summed E-state index contributed by atoms with van der Waals surface area (Å²) in [4.78, 5) is 29.7. The first-order valence-electron chi connectivity index (χ1n) is 12.6. The minimum absolute atomic E-state index is 0.00924. The molecule has 0 saturated heterocycles. The topological polar surface area (TPSA) is 61.9 Å². The molecule has 6 heteroatoms. The van der Waals surface area contributed by atoms with E-state index < -0.39 is 0 Å². The number of rotatable bonds is 5. The van der Waals surface area contributed by atoms with E-state index in [4.69, 9.17) is 4.74 Å². The predicted molar refractivity (Wildman–Crippen MR) is 135 cm³/mol. The molecule has 0 spiro atoms. The smallest absolute Gasteiger partial charge is 0.318 e. The summed E-state index contributed by atoms with van der Waals surface area (Å²) >= 11 is 0. The van der Waals surface area contributed by atoms with E-state index in [1.165, 1.54) is 19.3 Å². The molecule has 1 heterocycles. The highest BCUT2D eigenvalue weighted by molar-refractivity contribution is 5.94. The van der Waals surface area contributed by atoms with Crippen molar-refractivity contribution < 1.29 is 14.3 Å². The Morgan fingerprint density at radius 1 is 1.09 bits per heavy atom. The fraction of sp³-hybridized carbons (Fsp3) is 0.500. The van der Waals surface area contributed by atoms with Gasteiger partial charge in [0.2, 0.25) is 5.91 Å². The number of ether oxygens (including phenoxy) is 1. The number of carbonyl (C=O) groups is 2. The summed E-state index contributed by atoms with van der Waals surface area (Å²) in [7, 11) is 0. The number of amides is 3. The second kappa shape index (κ2) is 10.9. The summed E-state index contributed by atoms with van der Waals surface area (Å²) in [5, 5.41) is 3.23. The van der Waals surface area contributed by atoms with Crippen molar-refractivity contribution in [3.63, 3.8) is 0 Å². The molecule has 0 bridgehead atoms. The average Bonchev–Trinajstić information content (AvgIpc) is 3.05. The van der Waals surface area contributed by atoms with Crippen LogP contribution in [-0.2, 0) is 17.9 Å². The van der Waals surface area contributed by atoms with Crippen LogP contribution in [0.1, 0.15) is 62.6 Å². The zero-order chi connectivity index (χ0) is 24.1. The summed E-state index contributed by atoms with van der Waals surface area (Å²) in [5.41, 5.74) is 4.06. The van der Waals surface area contributed by atoms with Crippen LogP contribution in [0.4, 0.5) is 10.5 Å². The van der Waals surface area contributed by atoms with E-state index in [0.717, 1.165) is 41.0 Å². The van der Waals surface area contributed by atoms with Gasteiger partial charge in [-0.25, -0.2) is 4.79 Å². The molecular formula is C28H37N3O3. The van der Waals surface area contributed by atoms with Crippen LogP contribution in [0.5, 0.6) is 5.75 Å². The van der Waals surface area contributed by atoms with Crippen molar-refractivity contribution >= 4 is 17.6 Å². The number of fused-ring (bicyclic) bond motifs is 1. The second-order valence-electron chi connectivity index (χ2n) is 9.91. The third-order valence-corrected chi connectivity index (χ3v) is 6.77. The molecule has 4 rings (SSSR count). The summed E-state index contributed by atoms with van der Waals surface area (Å²) in [5.74, 6) is 0.793. The van der Waals surface area contributed by atoms with Gasteiger partial charge in [-0.3, -0.25) is 4.79 Å². The van der Waals surface area contributed by atoms with Crippen LogP contribution >= 0.6 is 0 Å². The average molecular weight is 464 g/mol. The van der Waals surface area contributed by atoms with Gasteiger partial charge in [-0.05, 0) is 49.6 Å². The Bertz CT molecular complexity index is 996. The number of anilines is 1. The zero-order valence-electron chi connectivity index (χ0n) is 20.7. The summed E-state index contributed by atoms with van der Waals surface area (Å²) < 4.78 is 5.96. The van der Waals surface area contributed by atoms with E-state index in [1.807, 2.05) is 67.0 Å². The number of urea groups is 1. The number of hydrogen-bond donors (Lipinski definition) is 1. The lowest BCUT2D eigenvalue weighted by molar-refractivity contribution is -0.121. The van der Waals surface area contributed by atoms with Crippen LogP contribution < -0.4 is 15.0 Å². The number of hydrogen-bond acceptors (Lipinski definition) is 3. The van der Waals surface area contributed by atoms with E-state index in [2.05, 4.69) is 11.4 Å². The second-order valence-corrected chi connectivity index (χ2v) is 9.91. The first-order chi connectivity index (χ1) is 16.4. The molecule has 3 amide bonds. The predicted octanol–water partition coefficient (Wildman–Crippen LogP) is 5.42. The van der Waals surface area contributed by atoms with Gasteiger partial charge in [-0.1, -0.05) is 56.9 Å². The molecule has 34 heavy (non-hydrogen) atoms. The van der Waals surface area contributed by atoms with E-state index in [9.17, 15) is 9.59 Å². The van der Waals surface area contributed by atoms with Gasteiger partial charge < -0.3 is 19.9 Å². The minimum Gasteiger partial charge on any atom is -0.491 e. The van der Waals surface area contributed by atoms with E-state index in [0.29, 0.717) is 26.2 Å². The zero-order valence-corrected chi connectivity index (χ0v) is 20.7. The van der Waals surface area contributed by atoms with E-state index >= 15 is 0 Å². The number of benzene rings is 2. The molecule has 0 atom stereocenters. The number of carbonyl (C=O) groups excluding carboxylic acids is 2. The van der Waals surface area contributed by atoms with E-state index in [-0.39, 0.29) is 23.9 Å². The van der Waals surface area contributed by atoms with Crippen molar-refractivity contribution in [1.29, 1.82) is 0 Å². The quantitative estimate of drug-likeness (QED) is 0.644. The monoisotopic (exact) mass is 463 g/mol. The molecule has 2 aromatic carbocycles. The molecule has 1 fully saturated rings. The Kier molecular flexibility index (Phi) is 7.76. The highest BCUT2D eigenvalue weighted by Gasteiger charge is 2.24. The van der Waals surface area contributed by atoms with Crippen LogP contribution in [-0.4, -0.2) is 36.0 Å². The van der Waals surface area contributed by atoms with Crippen molar-refractivity contribution in [1.82, 2.24) is 10.2 Å². The Balaban J connectivity index is 1.51. The normalized spacial score (nSPS) is 16.4. The summed E-state index contributed by atoms with van der Waals surface area (Å²) in [6.45, 7) is 7.91. The number of nitrogens with one attached hydrogen (secondary N) is 1. The molecule has 1 aliphatic carbocycles. The fourth-order valence-corrected chi connectivity index (χ4v) is 4.75. The number of nitrogens with zero attached hydrogens (tertiary/aromatic N) is 2. The maximum atomic E-state index is 13.0. The summed E-state index contributed by atoms with van der Waals surface area (Å²) in [6.07, 6.45) is 5.77. The minimum atomic E-state index is -0.107. The van der Waals surface area contributed by atoms with E-state index in [1.54, 1.807) is 0 Å². The molecule has 2 aromatic rings. The molecule has 6 nitrogen and oxygen atoms in total. The maximum Gasteiger partial charge on any atom is 0.318 e. The van der Waals surface area contributed by atoms with Gasteiger partial charge in [-0.15, -0.1) is 0 Å². The first-order valence-corrected chi connectivity index (χ1v) is 12.6. The fourth-order valence-electron chi connectivity index (χ4n) is 4.75. The van der Waals surface area contributed by atoms with Crippen molar-refractivity contribution in [3.8, 4) is 5.75 Å². The SMILES string of the molecule is Cc1ccc(N(Cc2ccc3c(c2)CN(C(=O)NC2CCCCC2)CCO3)C(=O)C(C)C)cc1. The molecule has 0 aromatic heterocycles. The third kappa shape index (κ3) is 5.91. The van der Waals surface area contributed by atoms with Crippen molar-refractivity contribution in [2.45, 2.75) is 72.0 Å². The highest BCUT2D eigenvalue weighted by atomic mass is 16.5. The highest BCUT2D eigenvalue weighted by Crippen LogP contribution is 2.27. The van der Waals surface area contributed by atoms with Gasteiger partial charge in [0.05, 0.1) is 19.6 Å². The third-order valence-electron chi connectivity index (χ3n) is 6.77. The van der Waals surface area contributed by atoms with Gasteiger partial charge in [0.1, 0.15) is 12.4 Å². The largest absolute Gasteiger partial charge is 0.491 e. The Hall–Kier alpha value is -3.02. The molecular weight excluding hydrogens is 426 g/mol. The van der Waals surface area contributed by atoms with Crippen molar-refractivity contribution in [3.05, 3.63) is 59.2 Å². The molecule has 182 valence electrons. The van der Waals surface area contributed by atoms with Gasteiger partial charge in [-0.2, -0.15) is 0 Å². The standard InChI is InChI=1S/C28H37N3O3/c1-20(2)27(32)31(25-12-9-21(3)10-13-25)18-22-11-14-26-23(17-22)19-30(15-16-34-26)28(33)29-24-7-5-4-6-8-24/h9-14,17,20,24H,4-8,15-16,18-19H2,1-3H3,(H,29,33). The first kappa shape index (κ1) is 24.1. The Labute approximate surface area is 203 Å². The molecule has 0 unspecified atom stereocenters. The van der Waals surface area contributed by atoms with Gasteiger partial charge >= 0.3 is 6.03 Å². The van der Waals surface area contributed by atoms with Gasteiger partial charge in [0.15, 0.2) is 0 Å².